The number of hydrogen-bond acceptors (Lipinski definition) is 5. The highest BCUT2D eigenvalue weighted by Gasteiger charge is 2.21. The summed E-state index contributed by atoms with van der Waals surface area (Å²) in [5.74, 6) is 0.487. The van der Waals surface area contributed by atoms with Gasteiger partial charge in [0.05, 0.1) is 0 Å². The molecule has 0 radical (unpaired) electrons. The third-order valence-corrected chi connectivity index (χ3v) is 3.19. The monoisotopic (exact) mass is 289 g/mol. The van der Waals surface area contributed by atoms with Crippen LogP contribution in [0.15, 0.2) is 0 Å². The number of halogens is 2. The van der Waals surface area contributed by atoms with Crippen molar-refractivity contribution in [3.8, 4) is 0 Å². The fraction of sp³-hybridized carbons (Fsp3) is 0.600. The Morgan fingerprint density at radius 3 is 2.28 bits per heavy atom. The van der Waals surface area contributed by atoms with Crippen LogP contribution in [0.4, 0.5) is 5.95 Å². The van der Waals surface area contributed by atoms with E-state index in [1.165, 1.54) is 0 Å². The Labute approximate surface area is 115 Å². The maximum absolute atomic E-state index is 11.2. The summed E-state index contributed by atoms with van der Waals surface area (Å²) in [5.41, 5.74) is 0. The van der Waals surface area contributed by atoms with E-state index >= 15 is 0 Å². The Morgan fingerprint density at radius 1 is 1.22 bits per heavy atom. The molecule has 2 heterocycles. The van der Waals surface area contributed by atoms with Gasteiger partial charge in [-0.1, -0.05) is 0 Å². The highest BCUT2D eigenvalue weighted by molar-refractivity contribution is 6.31. The first kappa shape index (κ1) is 13.3. The van der Waals surface area contributed by atoms with Crippen molar-refractivity contribution >= 4 is 35.1 Å². The molecule has 0 spiro atoms. The highest BCUT2D eigenvalue weighted by Crippen LogP contribution is 2.16. The number of nitrogens with one attached hydrogen (secondary N) is 1. The predicted molar refractivity (Wildman–Crippen MR) is 68.7 cm³/mol. The number of amides is 1. The van der Waals surface area contributed by atoms with Crippen molar-refractivity contribution < 1.29 is 4.79 Å². The number of hydrogen-bond donors (Lipinski definition) is 1. The first-order chi connectivity index (χ1) is 8.54. The van der Waals surface area contributed by atoms with E-state index in [2.05, 4.69) is 20.3 Å². The SMILES string of the molecule is CC(=O)N1CCC(Nc2nc(Cl)nc(Cl)n2)CC1. The third kappa shape index (κ3) is 3.43. The molecule has 2 rings (SSSR count). The highest BCUT2D eigenvalue weighted by atomic mass is 35.5. The normalized spacial score (nSPS) is 16.7. The molecule has 6 nitrogen and oxygen atoms in total. The van der Waals surface area contributed by atoms with Gasteiger partial charge in [0.25, 0.3) is 0 Å². The minimum absolute atomic E-state index is 0.0682. The summed E-state index contributed by atoms with van der Waals surface area (Å²) in [6.07, 6.45) is 1.70. The molecule has 98 valence electrons. The Kier molecular flexibility index (Phi) is 4.19. The van der Waals surface area contributed by atoms with E-state index in [-0.39, 0.29) is 22.5 Å². The van der Waals surface area contributed by atoms with Gasteiger partial charge in [-0.25, -0.2) is 0 Å². The summed E-state index contributed by atoms with van der Waals surface area (Å²) >= 11 is 11.4. The quantitative estimate of drug-likeness (QED) is 0.895. The molecule has 0 aliphatic carbocycles. The van der Waals surface area contributed by atoms with Gasteiger partial charge in [0, 0.05) is 26.1 Å². The van der Waals surface area contributed by atoms with Crippen LogP contribution in [0.3, 0.4) is 0 Å². The van der Waals surface area contributed by atoms with Gasteiger partial charge in [-0.3, -0.25) is 4.79 Å². The molecule has 0 bridgehead atoms. The molecule has 1 fully saturated rings. The van der Waals surface area contributed by atoms with Crippen LogP contribution in [0.2, 0.25) is 10.6 Å². The van der Waals surface area contributed by atoms with Crippen molar-refractivity contribution in [2.45, 2.75) is 25.8 Å². The van der Waals surface area contributed by atoms with Gasteiger partial charge in [0.1, 0.15) is 0 Å². The summed E-state index contributed by atoms with van der Waals surface area (Å²) in [5, 5.41) is 3.29. The number of rotatable bonds is 2. The molecular formula is C10H13Cl2N5O. The second kappa shape index (κ2) is 5.67. The van der Waals surface area contributed by atoms with Crippen molar-refractivity contribution in [3.63, 3.8) is 0 Å². The third-order valence-electron chi connectivity index (χ3n) is 2.85. The zero-order valence-corrected chi connectivity index (χ0v) is 11.4. The second-order valence-corrected chi connectivity index (χ2v) is 4.80. The number of piperidine rings is 1. The molecule has 1 saturated heterocycles. The molecule has 8 heteroatoms. The van der Waals surface area contributed by atoms with Crippen LogP contribution in [-0.2, 0) is 4.79 Å². The minimum atomic E-state index is 0.0682. The van der Waals surface area contributed by atoms with E-state index < -0.39 is 0 Å². The van der Waals surface area contributed by atoms with Crippen LogP contribution in [0.1, 0.15) is 19.8 Å². The van der Waals surface area contributed by atoms with Crippen LogP contribution in [0, 0.1) is 0 Å². The van der Waals surface area contributed by atoms with Crippen molar-refractivity contribution in [1.82, 2.24) is 19.9 Å². The maximum Gasteiger partial charge on any atom is 0.228 e. The lowest BCUT2D eigenvalue weighted by atomic mass is 10.1. The molecule has 18 heavy (non-hydrogen) atoms. The van der Waals surface area contributed by atoms with Gasteiger partial charge in [0.2, 0.25) is 22.4 Å². The lowest BCUT2D eigenvalue weighted by Crippen LogP contribution is -2.41. The van der Waals surface area contributed by atoms with E-state index in [4.69, 9.17) is 23.2 Å². The van der Waals surface area contributed by atoms with Crippen LogP contribution < -0.4 is 5.32 Å². The molecular weight excluding hydrogens is 277 g/mol. The molecule has 1 aromatic heterocycles. The summed E-state index contributed by atoms with van der Waals surface area (Å²) in [4.78, 5) is 24.6. The summed E-state index contributed by atoms with van der Waals surface area (Å²) in [6.45, 7) is 3.05. The molecule has 1 aliphatic rings. The van der Waals surface area contributed by atoms with Crippen LogP contribution >= 0.6 is 23.2 Å². The molecule has 1 aromatic rings. The Balaban J connectivity index is 1.93. The van der Waals surface area contributed by atoms with Crippen LogP contribution in [-0.4, -0.2) is 44.9 Å². The van der Waals surface area contributed by atoms with Gasteiger partial charge in [-0.05, 0) is 36.0 Å². The van der Waals surface area contributed by atoms with E-state index in [1.54, 1.807) is 6.92 Å². The fourth-order valence-corrected chi connectivity index (χ4v) is 2.28. The number of carbonyl (C=O) groups excluding carboxylic acids is 1. The van der Waals surface area contributed by atoms with Gasteiger partial charge >= 0.3 is 0 Å². The lowest BCUT2D eigenvalue weighted by Gasteiger charge is -2.31. The first-order valence-electron chi connectivity index (χ1n) is 5.63. The van der Waals surface area contributed by atoms with Gasteiger partial charge in [0.15, 0.2) is 0 Å². The van der Waals surface area contributed by atoms with Crippen molar-refractivity contribution in [3.05, 3.63) is 10.6 Å². The smallest absolute Gasteiger partial charge is 0.228 e. The molecule has 0 atom stereocenters. The van der Waals surface area contributed by atoms with Crippen LogP contribution in [0.5, 0.6) is 0 Å². The van der Waals surface area contributed by atoms with Gasteiger partial charge < -0.3 is 10.2 Å². The average Bonchev–Trinajstić information content (AvgIpc) is 2.28. The molecule has 1 amide bonds. The topological polar surface area (TPSA) is 71.0 Å². The summed E-state index contributed by atoms with van der Waals surface area (Å²) < 4.78 is 0. The number of aromatic nitrogens is 3. The Hall–Kier alpha value is -1.14. The number of carbonyl (C=O) groups is 1. The van der Waals surface area contributed by atoms with Gasteiger partial charge in [-0.2, -0.15) is 15.0 Å². The molecule has 1 aliphatic heterocycles. The Bertz CT molecular complexity index is 428. The zero-order valence-electron chi connectivity index (χ0n) is 9.86. The van der Waals surface area contributed by atoms with E-state index in [0.29, 0.717) is 5.95 Å². The fourth-order valence-electron chi connectivity index (χ4n) is 1.91. The number of nitrogens with zero attached hydrogens (tertiary/aromatic N) is 4. The van der Waals surface area contributed by atoms with Gasteiger partial charge in [-0.15, -0.1) is 0 Å². The molecule has 0 unspecified atom stereocenters. The maximum atomic E-state index is 11.2. The second-order valence-electron chi connectivity index (χ2n) is 4.12. The van der Waals surface area contributed by atoms with Crippen LogP contribution in [0.25, 0.3) is 0 Å². The summed E-state index contributed by atoms with van der Waals surface area (Å²) in [6, 6.07) is 0.218. The van der Waals surface area contributed by atoms with Crippen molar-refractivity contribution in [2.24, 2.45) is 0 Å². The Morgan fingerprint density at radius 2 is 1.78 bits per heavy atom. The minimum Gasteiger partial charge on any atom is -0.351 e. The zero-order chi connectivity index (χ0) is 13.1. The number of anilines is 1. The average molecular weight is 290 g/mol. The first-order valence-corrected chi connectivity index (χ1v) is 6.39. The molecule has 0 saturated carbocycles. The van der Waals surface area contributed by atoms with Crippen molar-refractivity contribution in [2.75, 3.05) is 18.4 Å². The predicted octanol–water partition coefficient (Wildman–Crippen LogP) is 1.60. The van der Waals surface area contributed by atoms with Crippen molar-refractivity contribution in [1.29, 1.82) is 0 Å². The van der Waals surface area contributed by atoms with E-state index in [0.717, 1.165) is 25.9 Å². The van der Waals surface area contributed by atoms with E-state index in [9.17, 15) is 4.79 Å². The number of likely N-dealkylation sites (tertiary alicyclic amines) is 1. The van der Waals surface area contributed by atoms with E-state index in [1.807, 2.05) is 4.90 Å². The molecule has 0 aromatic carbocycles. The molecule has 1 N–H and O–H groups in total. The largest absolute Gasteiger partial charge is 0.351 e. The lowest BCUT2D eigenvalue weighted by molar-refractivity contribution is -0.129. The standard InChI is InChI=1S/C10H13Cl2N5O/c1-6(18)17-4-2-7(3-5-17)13-10-15-8(11)14-9(12)16-10/h7H,2-5H2,1H3,(H,13,14,15,16). The summed E-state index contributed by atoms with van der Waals surface area (Å²) in [7, 11) is 0.